The van der Waals surface area contributed by atoms with E-state index in [-0.39, 0.29) is 34.2 Å². The summed E-state index contributed by atoms with van der Waals surface area (Å²) in [5, 5.41) is 4.02. The Morgan fingerprint density at radius 3 is 2.28 bits per heavy atom. The highest BCUT2D eigenvalue weighted by Crippen LogP contribution is 2.25. The predicted octanol–water partition coefficient (Wildman–Crippen LogP) is 3.56. The molecular weight excluding hydrogens is 428 g/mol. The van der Waals surface area contributed by atoms with Crippen molar-refractivity contribution >= 4 is 15.9 Å². The van der Waals surface area contributed by atoms with Gasteiger partial charge in [-0.25, -0.2) is 12.7 Å². The maximum absolute atomic E-state index is 12.8. The van der Waals surface area contributed by atoms with Gasteiger partial charge in [-0.3, -0.25) is 4.79 Å². The highest BCUT2D eigenvalue weighted by molar-refractivity contribution is 7.89. The molecule has 3 aromatic rings. The second-order valence-electron chi connectivity index (χ2n) is 8.82. The number of amides is 1. The molecule has 8 nitrogen and oxygen atoms in total. The van der Waals surface area contributed by atoms with Crippen LogP contribution in [-0.4, -0.2) is 54.8 Å². The van der Waals surface area contributed by atoms with Gasteiger partial charge < -0.3 is 9.42 Å². The van der Waals surface area contributed by atoms with Gasteiger partial charge in [0.2, 0.25) is 21.7 Å². The minimum Gasteiger partial charge on any atom is -0.337 e. The molecular formula is C23H28N4O4S. The van der Waals surface area contributed by atoms with E-state index < -0.39 is 10.0 Å². The molecule has 1 aromatic heterocycles. The van der Waals surface area contributed by atoms with Crippen LogP contribution in [0.25, 0.3) is 11.4 Å². The van der Waals surface area contributed by atoms with Crippen LogP contribution >= 0.6 is 0 Å². The summed E-state index contributed by atoms with van der Waals surface area (Å²) in [5.41, 5.74) is 2.33. The van der Waals surface area contributed by atoms with Crippen molar-refractivity contribution < 1.29 is 17.7 Å². The molecule has 1 amide bonds. The van der Waals surface area contributed by atoms with Crippen molar-refractivity contribution in [3.05, 3.63) is 65.5 Å². The highest BCUT2D eigenvalue weighted by atomic mass is 32.2. The van der Waals surface area contributed by atoms with E-state index in [0.717, 1.165) is 9.87 Å². The Bertz CT molecular complexity index is 1210. The first kappa shape index (κ1) is 23.6. The molecule has 1 heterocycles. The van der Waals surface area contributed by atoms with Crippen molar-refractivity contribution in [3.8, 4) is 11.4 Å². The fourth-order valence-corrected chi connectivity index (χ4v) is 4.00. The molecule has 32 heavy (non-hydrogen) atoms. The number of benzene rings is 2. The monoisotopic (exact) mass is 456 g/mol. The largest absolute Gasteiger partial charge is 0.337 e. The average Bonchev–Trinajstić information content (AvgIpc) is 3.21. The normalized spacial score (nSPS) is 12.2. The van der Waals surface area contributed by atoms with E-state index >= 15 is 0 Å². The van der Waals surface area contributed by atoms with Gasteiger partial charge in [0.05, 0.1) is 11.4 Å². The van der Waals surface area contributed by atoms with E-state index in [1.807, 2.05) is 24.3 Å². The van der Waals surface area contributed by atoms with Crippen LogP contribution in [0.3, 0.4) is 0 Å². The molecule has 0 saturated heterocycles. The molecule has 0 aliphatic rings. The number of hydrogen-bond acceptors (Lipinski definition) is 6. The Morgan fingerprint density at radius 1 is 1.03 bits per heavy atom. The van der Waals surface area contributed by atoms with E-state index in [2.05, 4.69) is 30.9 Å². The van der Waals surface area contributed by atoms with Gasteiger partial charge in [0, 0.05) is 32.3 Å². The fourth-order valence-electron chi connectivity index (χ4n) is 3.05. The van der Waals surface area contributed by atoms with Crippen molar-refractivity contribution in [2.24, 2.45) is 0 Å². The molecule has 0 atom stereocenters. The third kappa shape index (κ3) is 5.05. The summed E-state index contributed by atoms with van der Waals surface area (Å²) in [6.07, 6.45) is 0. The topological polar surface area (TPSA) is 96.6 Å². The van der Waals surface area contributed by atoms with E-state index in [1.165, 1.54) is 36.7 Å². The Balaban J connectivity index is 1.74. The quantitative estimate of drug-likeness (QED) is 0.563. The molecule has 3 rings (SSSR count). The van der Waals surface area contributed by atoms with Gasteiger partial charge in [0.1, 0.15) is 0 Å². The number of carbonyl (C=O) groups is 1. The molecule has 0 bridgehead atoms. The summed E-state index contributed by atoms with van der Waals surface area (Å²) in [7, 11) is 0.848. The van der Waals surface area contributed by atoms with Gasteiger partial charge in [0.15, 0.2) is 0 Å². The van der Waals surface area contributed by atoms with Crippen LogP contribution < -0.4 is 0 Å². The number of rotatable bonds is 6. The SMILES string of the molecule is CN(Cc1nc(-c2ccc(C(C)(C)C)cc2)no1)C(=O)c1cccc(S(=O)(=O)N(C)C)c1. The Labute approximate surface area is 188 Å². The zero-order valence-corrected chi connectivity index (χ0v) is 20.0. The lowest BCUT2D eigenvalue weighted by atomic mass is 9.87. The maximum Gasteiger partial charge on any atom is 0.254 e. The molecule has 0 aliphatic heterocycles. The van der Waals surface area contributed by atoms with E-state index in [4.69, 9.17) is 4.52 Å². The lowest BCUT2D eigenvalue weighted by Gasteiger charge is -2.18. The number of sulfonamides is 1. The fraction of sp³-hybridized carbons (Fsp3) is 0.348. The number of carbonyl (C=O) groups excluding carboxylic acids is 1. The maximum atomic E-state index is 12.8. The average molecular weight is 457 g/mol. The van der Waals surface area contributed by atoms with Gasteiger partial charge in [-0.05, 0) is 29.2 Å². The first-order valence-electron chi connectivity index (χ1n) is 10.1. The Hall–Kier alpha value is -3.04. The van der Waals surface area contributed by atoms with Crippen LogP contribution in [-0.2, 0) is 22.0 Å². The van der Waals surface area contributed by atoms with Gasteiger partial charge >= 0.3 is 0 Å². The standard InChI is InChI=1S/C23H28N4O4S/c1-23(2,3)18-12-10-16(11-13-18)21-24-20(31-25-21)15-27(6)22(28)17-8-7-9-19(14-17)32(29,30)26(4)5/h7-14H,15H2,1-6H3. The zero-order chi connectivity index (χ0) is 23.7. The van der Waals surface area contributed by atoms with Crippen molar-refractivity contribution in [2.75, 3.05) is 21.1 Å². The molecule has 0 radical (unpaired) electrons. The second kappa shape index (κ2) is 8.84. The van der Waals surface area contributed by atoms with Crippen LogP contribution in [0, 0.1) is 0 Å². The van der Waals surface area contributed by atoms with Crippen LogP contribution in [0.2, 0.25) is 0 Å². The van der Waals surface area contributed by atoms with Crippen LogP contribution in [0.15, 0.2) is 57.9 Å². The summed E-state index contributed by atoms with van der Waals surface area (Å²) in [4.78, 5) is 18.7. The van der Waals surface area contributed by atoms with Crippen molar-refractivity contribution in [1.29, 1.82) is 0 Å². The molecule has 170 valence electrons. The molecule has 2 aromatic carbocycles. The number of hydrogen-bond donors (Lipinski definition) is 0. The third-order valence-corrected chi connectivity index (χ3v) is 6.87. The van der Waals surface area contributed by atoms with E-state index in [9.17, 15) is 13.2 Å². The van der Waals surface area contributed by atoms with Crippen LogP contribution in [0.5, 0.6) is 0 Å². The first-order chi connectivity index (χ1) is 14.9. The number of nitrogens with zero attached hydrogens (tertiary/aromatic N) is 4. The van der Waals surface area contributed by atoms with Crippen molar-refractivity contribution in [1.82, 2.24) is 19.3 Å². The van der Waals surface area contributed by atoms with E-state index in [1.54, 1.807) is 19.2 Å². The zero-order valence-electron chi connectivity index (χ0n) is 19.2. The lowest BCUT2D eigenvalue weighted by molar-refractivity contribution is 0.0769. The smallest absolute Gasteiger partial charge is 0.254 e. The molecule has 0 aliphatic carbocycles. The molecule has 0 N–H and O–H groups in total. The van der Waals surface area contributed by atoms with Crippen molar-refractivity contribution in [2.45, 2.75) is 37.6 Å². The summed E-state index contributed by atoms with van der Waals surface area (Å²) >= 11 is 0. The Kier molecular flexibility index (Phi) is 6.52. The molecule has 0 unspecified atom stereocenters. The van der Waals surface area contributed by atoms with Gasteiger partial charge in [-0.2, -0.15) is 4.98 Å². The van der Waals surface area contributed by atoms with Crippen molar-refractivity contribution in [3.63, 3.8) is 0 Å². The number of aromatic nitrogens is 2. The summed E-state index contributed by atoms with van der Waals surface area (Å²) < 4.78 is 31.1. The predicted molar refractivity (Wildman–Crippen MR) is 122 cm³/mol. The summed E-state index contributed by atoms with van der Waals surface area (Å²) in [5.74, 6) is 0.378. The van der Waals surface area contributed by atoms with E-state index in [0.29, 0.717) is 5.82 Å². The first-order valence-corrected chi connectivity index (χ1v) is 11.5. The van der Waals surface area contributed by atoms with Crippen LogP contribution in [0.4, 0.5) is 0 Å². The van der Waals surface area contributed by atoms with Gasteiger partial charge in [-0.1, -0.05) is 56.3 Å². The molecule has 9 heteroatoms. The third-order valence-electron chi connectivity index (χ3n) is 5.06. The molecule has 0 saturated carbocycles. The minimum atomic E-state index is -3.64. The summed E-state index contributed by atoms with van der Waals surface area (Å²) in [6, 6.07) is 13.9. The second-order valence-corrected chi connectivity index (χ2v) is 11.0. The van der Waals surface area contributed by atoms with Gasteiger partial charge in [0.25, 0.3) is 5.91 Å². The minimum absolute atomic E-state index is 0.0488. The Morgan fingerprint density at radius 2 is 1.69 bits per heavy atom. The molecule has 0 fully saturated rings. The molecule has 0 spiro atoms. The van der Waals surface area contributed by atoms with Crippen LogP contribution in [0.1, 0.15) is 42.6 Å². The summed E-state index contributed by atoms with van der Waals surface area (Å²) in [6.45, 7) is 6.53. The lowest BCUT2D eigenvalue weighted by Crippen LogP contribution is -2.27. The highest BCUT2D eigenvalue weighted by Gasteiger charge is 2.21. The van der Waals surface area contributed by atoms with Gasteiger partial charge in [-0.15, -0.1) is 0 Å².